The van der Waals surface area contributed by atoms with E-state index in [4.69, 9.17) is 10.8 Å². The van der Waals surface area contributed by atoms with Gasteiger partial charge in [-0.15, -0.1) is 0 Å². The first-order valence-electron chi connectivity index (χ1n) is 5.87. The zero-order valence-electron chi connectivity index (χ0n) is 10.1. The number of aromatic amines is 1. The van der Waals surface area contributed by atoms with E-state index < -0.39 is 12.0 Å². The van der Waals surface area contributed by atoms with Gasteiger partial charge in [0.05, 0.1) is 0 Å². The molecule has 1 aromatic heterocycles. The van der Waals surface area contributed by atoms with Crippen LogP contribution in [0.15, 0.2) is 12.3 Å². The van der Waals surface area contributed by atoms with Gasteiger partial charge < -0.3 is 15.8 Å². The fourth-order valence-corrected chi connectivity index (χ4v) is 2.24. The molecule has 1 heterocycles. The molecule has 0 spiro atoms. The van der Waals surface area contributed by atoms with Crippen molar-refractivity contribution in [3.05, 3.63) is 29.1 Å². The van der Waals surface area contributed by atoms with E-state index in [1.165, 1.54) is 5.69 Å². The third-order valence-electron chi connectivity index (χ3n) is 3.61. The molecule has 92 valence electrons. The summed E-state index contributed by atoms with van der Waals surface area (Å²) in [4.78, 5) is 14.0. The molecule has 1 aromatic rings. The highest BCUT2D eigenvalue weighted by molar-refractivity contribution is 5.74. The van der Waals surface area contributed by atoms with E-state index in [1.54, 1.807) is 0 Å². The number of nitrogens with two attached hydrogens (primary N) is 1. The van der Waals surface area contributed by atoms with Gasteiger partial charge in [0.15, 0.2) is 0 Å². The SMILES string of the molecule is CC1C=Cc2c(CC(N)C(=O)O)c[nH]c2C1C. The van der Waals surface area contributed by atoms with E-state index in [-0.39, 0.29) is 0 Å². The number of aromatic nitrogens is 1. The van der Waals surface area contributed by atoms with Gasteiger partial charge in [-0.1, -0.05) is 26.0 Å². The first kappa shape index (κ1) is 11.9. The van der Waals surface area contributed by atoms with E-state index in [9.17, 15) is 4.79 Å². The summed E-state index contributed by atoms with van der Waals surface area (Å²) in [5.74, 6) is -0.0203. The van der Waals surface area contributed by atoms with Gasteiger partial charge in [-0.3, -0.25) is 4.79 Å². The highest BCUT2D eigenvalue weighted by Crippen LogP contribution is 2.34. The third-order valence-corrected chi connectivity index (χ3v) is 3.61. The number of allylic oxidation sites excluding steroid dienone is 1. The maximum atomic E-state index is 10.8. The van der Waals surface area contributed by atoms with Gasteiger partial charge in [-0.05, 0) is 17.0 Å². The fourth-order valence-electron chi connectivity index (χ4n) is 2.24. The Morgan fingerprint density at radius 1 is 1.59 bits per heavy atom. The number of fused-ring (bicyclic) bond motifs is 1. The second kappa shape index (κ2) is 4.37. The lowest BCUT2D eigenvalue weighted by Gasteiger charge is -2.21. The van der Waals surface area contributed by atoms with Crippen LogP contribution in [0, 0.1) is 5.92 Å². The first-order chi connectivity index (χ1) is 8.00. The van der Waals surface area contributed by atoms with Crippen molar-refractivity contribution in [3.8, 4) is 0 Å². The summed E-state index contributed by atoms with van der Waals surface area (Å²) >= 11 is 0. The minimum absolute atomic E-state index is 0.368. The first-order valence-corrected chi connectivity index (χ1v) is 5.87. The van der Waals surface area contributed by atoms with Crippen molar-refractivity contribution in [2.75, 3.05) is 0 Å². The maximum absolute atomic E-state index is 10.8. The van der Waals surface area contributed by atoms with E-state index >= 15 is 0 Å². The standard InChI is InChI=1S/C13H18N2O2/c1-7-3-4-10-9(5-11(14)13(16)17)6-15-12(10)8(7)2/h3-4,6-8,11,15H,5,14H2,1-2H3,(H,16,17). The molecule has 17 heavy (non-hydrogen) atoms. The van der Waals surface area contributed by atoms with Crippen LogP contribution in [0.5, 0.6) is 0 Å². The van der Waals surface area contributed by atoms with Crippen LogP contribution in [-0.2, 0) is 11.2 Å². The molecule has 4 N–H and O–H groups in total. The largest absolute Gasteiger partial charge is 0.480 e. The van der Waals surface area contributed by atoms with Crippen LogP contribution in [0.2, 0.25) is 0 Å². The predicted molar refractivity (Wildman–Crippen MR) is 66.7 cm³/mol. The number of rotatable bonds is 3. The van der Waals surface area contributed by atoms with Gasteiger partial charge in [0, 0.05) is 24.2 Å². The minimum Gasteiger partial charge on any atom is -0.480 e. The number of H-pyrrole nitrogens is 1. The topological polar surface area (TPSA) is 79.1 Å². The second-order valence-electron chi connectivity index (χ2n) is 4.80. The van der Waals surface area contributed by atoms with Crippen molar-refractivity contribution >= 4 is 12.0 Å². The predicted octanol–water partition coefficient (Wildman–Crippen LogP) is 1.74. The molecular weight excluding hydrogens is 216 g/mol. The van der Waals surface area contributed by atoms with Crippen molar-refractivity contribution in [1.29, 1.82) is 0 Å². The van der Waals surface area contributed by atoms with Crippen molar-refractivity contribution in [1.82, 2.24) is 4.98 Å². The van der Waals surface area contributed by atoms with E-state index in [0.29, 0.717) is 18.3 Å². The van der Waals surface area contributed by atoms with Crippen LogP contribution in [0.25, 0.3) is 6.08 Å². The molecule has 1 aliphatic carbocycles. The lowest BCUT2D eigenvalue weighted by atomic mass is 9.84. The van der Waals surface area contributed by atoms with Gasteiger partial charge in [0.25, 0.3) is 0 Å². The highest BCUT2D eigenvalue weighted by Gasteiger charge is 2.24. The minimum atomic E-state index is -0.957. The molecule has 0 amide bonds. The Bertz CT molecular complexity index is 462. The van der Waals surface area contributed by atoms with E-state index in [2.05, 4.69) is 31.0 Å². The summed E-state index contributed by atoms with van der Waals surface area (Å²) in [7, 11) is 0. The Hall–Kier alpha value is -1.55. The molecule has 0 saturated heterocycles. The van der Waals surface area contributed by atoms with E-state index in [1.807, 2.05) is 6.20 Å². The van der Waals surface area contributed by atoms with Crippen molar-refractivity contribution in [2.45, 2.75) is 32.2 Å². The monoisotopic (exact) mass is 234 g/mol. The van der Waals surface area contributed by atoms with Crippen LogP contribution < -0.4 is 5.73 Å². The molecule has 0 bridgehead atoms. The van der Waals surface area contributed by atoms with Gasteiger partial charge in [-0.2, -0.15) is 0 Å². The Kier molecular flexibility index (Phi) is 3.07. The van der Waals surface area contributed by atoms with Crippen molar-refractivity contribution in [3.63, 3.8) is 0 Å². The molecule has 0 fully saturated rings. The average Bonchev–Trinajstić information content (AvgIpc) is 2.67. The zero-order valence-corrected chi connectivity index (χ0v) is 10.1. The lowest BCUT2D eigenvalue weighted by molar-refractivity contribution is -0.138. The Labute approximate surface area is 101 Å². The molecular formula is C13H18N2O2. The molecule has 4 nitrogen and oxygen atoms in total. The summed E-state index contributed by atoms with van der Waals surface area (Å²) in [5, 5.41) is 8.83. The van der Waals surface area contributed by atoms with Crippen LogP contribution in [0.1, 0.15) is 36.6 Å². The molecule has 0 aliphatic heterocycles. The Balaban J connectivity index is 2.27. The molecule has 3 unspecified atom stereocenters. The van der Waals surface area contributed by atoms with Crippen molar-refractivity contribution < 1.29 is 9.90 Å². The van der Waals surface area contributed by atoms with Gasteiger partial charge in [0.2, 0.25) is 0 Å². The molecule has 2 rings (SSSR count). The van der Waals surface area contributed by atoms with Gasteiger partial charge in [0.1, 0.15) is 6.04 Å². The summed E-state index contributed by atoms with van der Waals surface area (Å²) in [6.45, 7) is 4.35. The molecule has 0 radical (unpaired) electrons. The molecule has 3 atom stereocenters. The smallest absolute Gasteiger partial charge is 0.320 e. The van der Waals surface area contributed by atoms with Crippen LogP contribution in [0.3, 0.4) is 0 Å². The van der Waals surface area contributed by atoms with Gasteiger partial charge in [-0.25, -0.2) is 0 Å². The summed E-state index contributed by atoms with van der Waals surface area (Å²) in [6, 6.07) is -0.835. The number of aliphatic carboxylic acids is 1. The summed E-state index contributed by atoms with van der Waals surface area (Å²) in [6.07, 6.45) is 6.48. The number of hydrogen-bond donors (Lipinski definition) is 3. The maximum Gasteiger partial charge on any atom is 0.320 e. The lowest BCUT2D eigenvalue weighted by Crippen LogP contribution is -2.32. The molecule has 0 aromatic carbocycles. The fraction of sp³-hybridized carbons (Fsp3) is 0.462. The van der Waals surface area contributed by atoms with Gasteiger partial charge >= 0.3 is 5.97 Å². The third kappa shape index (κ3) is 2.13. The van der Waals surface area contributed by atoms with Crippen LogP contribution in [-0.4, -0.2) is 22.1 Å². The number of hydrogen-bond acceptors (Lipinski definition) is 2. The summed E-state index contributed by atoms with van der Waals surface area (Å²) < 4.78 is 0. The molecule has 1 aliphatic rings. The van der Waals surface area contributed by atoms with Crippen molar-refractivity contribution in [2.24, 2.45) is 11.7 Å². The number of nitrogens with one attached hydrogen (secondary N) is 1. The number of carboxylic acid groups (broad SMARTS) is 1. The van der Waals surface area contributed by atoms with E-state index in [0.717, 1.165) is 11.1 Å². The quantitative estimate of drug-likeness (QED) is 0.745. The number of carboxylic acids is 1. The second-order valence-corrected chi connectivity index (χ2v) is 4.80. The van der Waals surface area contributed by atoms with Crippen LogP contribution >= 0.6 is 0 Å². The molecule has 0 saturated carbocycles. The number of carbonyl (C=O) groups is 1. The highest BCUT2D eigenvalue weighted by atomic mass is 16.4. The van der Waals surface area contributed by atoms with Crippen LogP contribution in [0.4, 0.5) is 0 Å². The zero-order chi connectivity index (χ0) is 12.6. The summed E-state index contributed by atoms with van der Waals surface area (Å²) in [5.41, 5.74) is 8.86. The Morgan fingerprint density at radius 3 is 2.94 bits per heavy atom. The average molecular weight is 234 g/mol. The molecule has 4 heteroatoms. The normalized spacial score (nSPS) is 24.4. The Morgan fingerprint density at radius 2 is 2.29 bits per heavy atom.